The number of fused-ring (bicyclic) bond motifs is 5. The van der Waals surface area contributed by atoms with Crippen LogP contribution >= 0.6 is 0 Å². The summed E-state index contributed by atoms with van der Waals surface area (Å²) in [6.45, 7) is 20.5. The molecule has 9 atom stereocenters. The SMILES string of the molecule is C=C(CC[C@@H](C(=O)O)[C@H]1[C@H](O)C[C@@]2(C)C3=C[C@H](O)C4C(C)(C)[C@@H](OC(C)=O)CC[C@]4(C)C3=CC[C@]12C)C(C)C. The molecule has 6 heteroatoms. The van der Waals surface area contributed by atoms with E-state index in [9.17, 15) is 24.9 Å². The van der Waals surface area contributed by atoms with E-state index in [4.69, 9.17) is 4.74 Å². The van der Waals surface area contributed by atoms with Crippen molar-refractivity contribution in [3.05, 3.63) is 35.5 Å². The predicted octanol–water partition coefficient (Wildman–Crippen LogP) is 6.08. The maximum atomic E-state index is 12.6. The molecule has 4 rings (SSSR count). The van der Waals surface area contributed by atoms with Gasteiger partial charge in [-0.15, -0.1) is 0 Å². The van der Waals surface area contributed by atoms with Crippen molar-refractivity contribution in [2.45, 2.75) is 112 Å². The molecule has 0 radical (unpaired) electrons. The van der Waals surface area contributed by atoms with Crippen LogP contribution in [0.4, 0.5) is 0 Å². The number of hydrogen-bond donors (Lipinski definition) is 3. The lowest BCUT2D eigenvalue weighted by Crippen LogP contribution is -2.59. The van der Waals surface area contributed by atoms with Crippen molar-refractivity contribution in [2.75, 3.05) is 0 Å². The van der Waals surface area contributed by atoms with E-state index in [0.717, 1.165) is 24.0 Å². The molecule has 0 aromatic heterocycles. The molecule has 0 saturated heterocycles. The van der Waals surface area contributed by atoms with Gasteiger partial charge in [-0.05, 0) is 66.4 Å². The molecule has 4 aliphatic carbocycles. The minimum atomic E-state index is -0.855. The van der Waals surface area contributed by atoms with Gasteiger partial charge in [-0.2, -0.15) is 0 Å². The third-order valence-corrected chi connectivity index (χ3v) is 11.8. The van der Waals surface area contributed by atoms with Crippen LogP contribution in [0.2, 0.25) is 0 Å². The number of esters is 1. The van der Waals surface area contributed by atoms with Gasteiger partial charge in [0.15, 0.2) is 0 Å². The van der Waals surface area contributed by atoms with Gasteiger partial charge in [-0.3, -0.25) is 9.59 Å². The van der Waals surface area contributed by atoms with Crippen LogP contribution in [0.1, 0.15) is 93.9 Å². The van der Waals surface area contributed by atoms with Gasteiger partial charge in [0.25, 0.3) is 0 Å². The van der Waals surface area contributed by atoms with Crippen LogP contribution in [-0.2, 0) is 14.3 Å². The summed E-state index contributed by atoms with van der Waals surface area (Å²) < 4.78 is 5.74. The van der Waals surface area contributed by atoms with E-state index >= 15 is 0 Å². The molecule has 4 aliphatic rings. The van der Waals surface area contributed by atoms with E-state index in [1.807, 2.05) is 6.08 Å². The minimum absolute atomic E-state index is 0.137. The smallest absolute Gasteiger partial charge is 0.306 e. The summed E-state index contributed by atoms with van der Waals surface area (Å²) in [4.78, 5) is 24.5. The Morgan fingerprint density at radius 1 is 1.13 bits per heavy atom. The lowest BCUT2D eigenvalue weighted by Gasteiger charge is -2.62. The number of hydrogen-bond acceptors (Lipinski definition) is 5. The number of carbonyl (C=O) groups is 2. The summed E-state index contributed by atoms with van der Waals surface area (Å²) in [5, 5.41) is 33.6. The van der Waals surface area contributed by atoms with Crippen molar-refractivity contribution >= 4 is 11.9 Å². The first kappa shape index (κ1) is 30.0. The lowest BCUT2D eigenvalue weighted by atomic mass is 9.43. The molecule has 0 bridgehead atoms. The van der Waals surface area contributed by atoms with Crippen molar-refractivity contribution in [1.29, 1.82) is 0 Å². The van der Waals surface area contributed by atoms with Crippen molar-refractivity contribution in [3.8, 4) is 0 Å². The average molecular weight is 543 g/mol. The maximum absolute atomic E-state index is 12.6. The Labute approximate surface area is 234 Å². The van der Waals surface area contributed by atoms with Gasteiger partial charge in [0.05, 0.1) is 18.1 Å². The van der Waals surface area contributed by atoms with Crippen LogP contribution in [-0.4, -0.2) is 45.6 Å². The molecule has 39 heavy (non-hydrogen) atoms. The Morgan fingerprint density at radius 3 is 2.33 bits per heavy atom. The minimum Gasteiger partial charge on any atom is -0.481 e. The van der Waals surface area contributed by atoms with Crippen molar-refractivity contribution in [3.63, 3.8) is 0 Å². The highest BCUT2D eigenvalue weighted by Crippen LogP contribution is 2.72. The number of aliphatic carboxylic acids is 1. The van der Waals surface area contributed by atoms with Crippen LogP contribution < -0.4 is 0 Å². The Bertz CT molecular complexity index is 1100. The van der Waals surface area contributed by atoms with Crippen LogP contribution in [0.15, 0.2) is 35.5 Å². The number of rotatable bonds is 7. The van der Waals surface area contributed by atoms with Crippen LogP contribution in [0.5, 0.6) is 0 Å². The van der Waals surface area contributed by atoms with E-state index < -0.39 is 46.3 Å². The fraction of sp³-hybridized carbons (Fsp3) is 0.758. The van der Waals surface area contributed by atoms with Crippen molar-refractivity contribution in [2.24, 2.45) is 45.3 Å². The number of carbonyl (C=O) groups excluding carboxylic acids is 1. The number of aliphatic hydroxyl groups is 2. The summed E-state index contributed by atoms with van der Waals surface area (Å²) in [6.07, 6.45) is 6.26. The third-order valence-electron chi connectivity index (χ3n) is 11.8. The van der Waals surface area contributed by atoms with E-state index in [2.05, 4.69) is 61.1 Å². The fourth-order valence-electron chi connectivity index (χ4n) is 9.46. The Kier molecular flexibility index (Phi) is 7.60. The predicted molar refractivity (Wildman–Crippen MR) is 152 cm³/mol. The molecule has 2 saturated carbocycles. The highest BCUT2D eigenvalue weighted by atomic mass is 16.5. The molecule has 0 spiro atoms. The highest BCUT2D eigenvalue weighted by Gasteiger charge is 2.67. The zero-order chi connectivity index (χ0) is 29.3. The first-order chi connectivity index (χ1) is 17.9. The zero-order valence-corrected chi connectivity index (χ0v) is 25.2. The van der Waals surface area contributed by atoms with Crippen LogP contribution in [0.25, 0.3) is 0 Å². The van der Waals surface area contributed by atoms with Gasteiger partial charge >= 0.3 is 11.9 Å². The molecule has 1 unspecified atom stereocenters. The van der Waals surface area contributed by atoms with Gasteiger partial charge in [0.2, 0.25) is 0 Å². The molecule has 0 aromatic carbocycles. The van der Waals surface area contributed by atoms with Crippen LogP contribution in [0.3, 0.4) is 0 Å². The summed E-state index contributed by atoms with van der Waals surface area (Å²) in [5.41, 5.74) is 1.62. The standard InChI is InChI=1S/C33H50O6/c1-18(2)19(3)10-11-21(29(37)38)27-25(36)17-33(9)23-16-24(35)28-30(5,6)26(39-20(4)34)13-14-31(28,7)22(23)12-15-32(27,33)8/h12,16,18,21,24-28,35-36H,3,10-11,13-15,17H2,1-2,4-9H3,(H,37,38)/t21-,24+,25-,26+,27+,28?,31-,32-,33+/m1/s1. The van der Waals surface area contributed by atoms with Crippen LogP contribution in [0, 0.1) is 45.3 Å². The fourth-order valence-corrected chi connectivity index (χ4v) is 9.46. The highest BCUT2D eigenvalue weighted by molar-refractivity contribution is 5.71. The monoisotopic (exact) mass is 542 g/mol. The first-order valence-electron chi connectivity index (χ1n) is 14.8. The molecule has 3 N–H and O–H groups in total. The molecule has 218 valence electrons. The summed E-state index contributed by atoms with van der Waals surface area (Å²) >= 11 is 0. The van der Waals surface area contributed by atoms with E-state index in [-0.39, 0.29) is 29.3 Å². The molecule has 0 amide bonds. The summed E-state index contributed by atoms with van der Waals surface area (Å²) in [5.74, 6) is -2.08. The topological polar surface area (TPSA) is 104 Å². The van der Waals surface area contributed by atoms with Gasteiger partial charge < -0.3 is 20.1 Å². The second-order valence-corrected chi connectivity index (χ2v) is 14.6. The Morgan fingerprint density at radius 2 is 1.77 bits per heavy atom. The molecular formula is C33H50O6. The van der Waals surface area contributed by atoms with Gasteiger partial charge in [0, 0.05) is 29.6 Å². The van der Waals surface area contributed by atoms with Crippen molar-refractivity contribution < 1.29 is 29.6 Å². The molecule has 6 nitrogen and oxygen atoms in total. The van der Waals surface area contributed by atoms with Gasteiger partial charge in [-0.25, -0.2) is 0 Å². The Hall–Kier alpha value is -1.92. The van der Waals surface area contributed by atoms with Crippen molar-refractivity contribution in [1.82, 2.24) is 0 Å². The van der Waals surface area contributed by atoms with E-state index in [0.29, 0.717) is 25.7 Å². The van der Waals surface area contributed by atoms with Gasteiger partial charge in [0.1, 0.15) is 6.10 Å². The zero-order valence-electron chi connectivity index (χ0n) is 25.2. The Balaban J connectivity index is 1.75. The molecule has 0 aromatic rings. The number of carboxylic acids is 1. The lowest BCUT2D eigenvalue weighted by molar-refractivity contribution is -0.173. The quantitative estimate of drug-likeness (QED) is 0.266. The molecule has 2 fully saturated rings. The number of allylic oxidation sites excluding steroid dienone is 4. The number of carboxylic acid groups (broad SMARTS) is 1. The number of aliphatic hydroxyl groups excluding tert-OH is 2. The average Bonchev–Trinajstić information content (AvgIpc) is 3.01. The van der Waals surface area contributed by atoms with Gasteiger partial charge in [-0.1, -0.05) is 72.8 Å². The summed E-state index contributed by atoms with van der Waals surface area (Å²) in [6, 6.07) is 0. The molecule has 0 heterocycles. The molecular weight excluding hydrogens is 492 g/mol. The third kappa shape index (κ3) is 4.45. The van der Waals surface area contributed by atoms with E-state index in [1.54, 1.807) is 0 Å². The van der Waals surface area contributed by atoms with E-state index in [1.165, 1.54) is 12.5 Å². The summed E-state index contributed by atoms with van der Waals surface area (Å²) in [7, 11) is 0. The second kappa shape index (κ2) is 9.87. The molecule has 0 aliphatic heterocycles. The maximum Gasteiger partial charge on any atom is 0.306 e. The normalized spacial score (nSPS) is 41.5. The largest absolute Gasteiger partial charge is 0.481 e. The number of ether oxygens (including phenoxy) is 1. The first-order valence-corrected chi connectivity index (χ1v) is 14.8. The second-order valence-electron chi connectivity index (χ2n) is 14.6.